The van der Waals surface area contributed by atoms with Gasteiger partial charge in [-0.15, -0.1) is 0 Å². The van der Waals surface area contributed by atoms with E-state index < -0.39 is 0 Å². The topological polar surface area (TPSA) is 62.8 Å². The number of ether oxygens (including phenoxy) is 2. The number of likely N-dealkylation sites (tertiary alicyclic amines) is 1. The molecular weight excluding hydrogens is 422 g/mol. The minimum absolute atomic E-state index is 0.0233. The minimum atomic E-state index is -0.0233. The normalized spacial score (nSPS) is 14.4. The van der Waals surface area contributed by atoms with E-state index >= 15 is 0 Å². The summed E-state index contributed by atoms with van der Waals surface area (Å²) in [6, 6.07) is 13.4. The zero-order valence-electron chi connectivity index (χ0n) is 19.1. The van der Waals surface area contributed by atoms with Crippen LogP contribution in [0, 0.1) is 0 Å². The minimum Gasteiger partial charge on any atom is -0.490 e. The van der Waals surface area contributed by atoms with Gasteiger partial charge >= 0.3 is 0 Å². The van der Waals surface area contributed by atoms with Crippen LogP contribution in [-0.4, -0.2) is 42.2 Å². The zero-order valence-corrected chi connectivity index (χ0v) is 20.0. The van der Waals surface area contributed by atoms with Crippen molar-refractivity contribution in [3.63, 3.8) is 0 Å². The van der Waals surface area contributed by atoms with Gasteiger partial charge in [-0.25, -0.2) is 0 Å². The maximum Gasteiger partial charge on any atom is 0.253 e. The molecule has 0 bridgehead atoms. The van der Waals surface area contributed by atoms with Crippen LogP contribution in [0.4, 0.5) is 5.69 Å². The molecule has 32 heavy (non-hydrogen) atoms. The van der Waals surface area contributed by atoms with Crippen molar-refractivity contribution in [2.45, 2.75) is 46.1 Å². The van der Waals surface area contributed by atoms with Gasteiger partial charge in [0.05, 0.1) is 19.3 Å². The van der Waals surface area contributed by atoms with E-state index in [1.807, 2.05) is 68.1 Å². The predicted molar refractivity (Wildman–Crippen MR) is 133 cm³/mol. The maximum atomic E-state index is 12.6. The molecule has 172 valence electrons. The molecule has 0 aliphatic carbocycles. The van der Waals surface area contributed by atoms with Gasteiger partial charge in [-0.1, -0.05) is 6.07 Å². The van der Waals surface area contributed by atoms with Crippen molar-refractivity contribution < 1.29 is 14.3 Å². The van der Waals surface area contributed by atoms with Crippen LogP contribution in [0.3, 0.4) is 0 Å². The summed E-state index contributed by atoms with van der Waals surface area (Å²) in [6.45, 7) is 8.80. The van der Waals surface area contributed by atoms with Gasteiger partial charge < -0.3 is 25.0 Å². The van der Waals surface area contributed by atoms with E-state index in [9.17, 15) is 4.79 Å². The Morgan fingerprint density at radius 2 is 1.66 bits per heavy atom. The van der Waals surface area contributed by atoms with E-state index in [1.54, 1.807) is 0 Å². The summed E-state index contributed by atoms with van der Waals surface area (Å²) in [4.78, 5) is 14.6. The highest BCUT2D eigenvalue weighted by molar-refractivity contribution is 7.80. The average molecular weight is 456 g/mol. The lowest BCUT2D eigenvalue weighted by atomic mass is 10.1. The first-order chi connectivity index (χ1) is 15.5. The fraction of sp³-hybridized carbons (Fsp3) is 0.440. The third kappa shape index (κ3) is 6.36. The number of hydrogen-bond acceptors (Lipinski definition) is 4. The average Bonchev–Trinajstić information content (AvgIpc) is 2.81. The number of nitrogens with zero attached hydrogens (tertiary/aromatic N) is 1. The third-order valence-electron chi connectivity index (χ3n) is 5.45. The number of rotatable bonds is 8. The monoisotopic (exact) mass is 455 g/mol. The Kier molecular flexibility index (Phi) is 8.73. The zero-order chi connectivity index (χ0) is 22.9. The van der Waals surface area contributed by atoms with Gasteiger partial charge in [0.2, 0.25) is 0 Å². The first kappa shape index (κ1) is 23.9. The SMILES string of the molecule is CCOc1ccc([C@@H](C)NC(=S)Nc2ccc(C(=O)N3CCCCC3)cc2)cc1OCC. The number of hydrogen-bond donors (Lipinski definition) is 2. The summed E-state index contributed by atoms with van der Waals surface area (Å²) in [7, 11) is 0. The second kappa shape index (κ2) is 11.7. The molecule has 0 saturated carbocycles. The molecule has 1 amide bonds. The summed E-state index contributed by atoms with van der Waals surface area (Å²) in [5.74, 6) is 1.57. The fourth-order valence-electron chi connectivity index (χ4n) is 3.76. The van der Waals surface area contributed by atoms with E-state index in [0.717, 1.165) is 48.7 Å². The smallest absolute Gasteiger partial charge is 0.253 e. The van der Waals surface area contributed by atoms with E-state index in [4.69, 9.17) is 21.7 Å². The quantitative estimate of drug-likeness (QED) is 0.536. The summed E-state index contributed by atoms with van der Waals surface area (Å²) in [6.07, 6.45) is 3.38. The molecule has 2 aromatic rings. The van der Waals surface area contributed by atoms with Crippen LogP contribution in [-0.2, 0) is 0 Å². The Hall–Kier alpha value is -2.80. The van der Waals surface area contributed by atoms with Crippen molar-refractivity contribution in [3.05, 3.63) is 53.6 Å². The highest BCUT2D eigenvalue weighted by Gasteiger charge is 2.18. The van der Waals surface area contributed by atoms with Crippen LogP contribution >= 0.6 is 12.2 Å². The van der Waals surface area contributed by atoms with E-state index in [2.05, 4.69) is 10.6 Å². The second-order valence-corrected chi connectivity index (χ2v) is 8.23. The lowest BCUT2D eigenvalue weighted by Crippen LogP contribution is -2.35. The van der Waals surface area contributed by atoms with Crippen LogP contribution in [0.15, 0.2) is 42.5 Å². The number of carbonyl (C=O) groups excluding carboxylic acids is 1. The van der Waals surface area contributed by atoms with Gasteiger partial charge in [-0.2, -0.15) is 0 Å². The molecule has 1 heterocycles. The van der Waals surface area contributed by atoms with Crippen molar-refractivity contribution in [1.82, 2.24) is 10.2 Å². The molecule has 1 atom stereocenters. The Bertz CT molecular complexity index is 911. The number of carbonyl (C=O) groups is 1. The predicted octanol–water partition coefficient (Wildman–Crippen LogP) is 5.16. The van der Waals surface area contributed by atoms with Gasteiger partial charge in [0.25, 0.3) is 5.91 Å². The van der Waals surface area contributed by atoms with Crippen molar-refractivity contribution in [2.24, 2.45) is 0 Å². The molecule has 1 aliphatic rings. The van der Waals surface area contributed by atoms with Crippen LogP contribution in [0.2, 0.25) is 0 Å². The summed E-state index contributed by atoms with van der Waals surface area (Å²) < 4.78 is 11.4. The highest BCUT2D eigenvalue weighted by Crippen LogP contribution is 2.30. The molecular formula is C25H33N3O3S. The number of thiocarbonyl (C=S) groups is 1. The van der Waals surface area contributed by atoms with Gasteiger partial charge in [-0.3, -0.25) is 4.79 Å². The lowest BCUT2D eigenvalue weighted by Gasteiger charge is -2.26. The molecule has 3 rings (SSSR count). The fourth-order valence-corrected chi connectivity index (χ4v) is 4.05. The molecule has 0 radical (unpaired) electrons. The molecule has 0 unspecified atom stereocenters. The first-order valence-electron chi connectivity index (χ1n) is 11.4. The lowest BCUT2D eigenvalue weighted by molar-refractivity contribution is 0.0724. The standard InChI is InChI=1S/C25H33N3O3S/c1-4-30-22-14-11-20(17-23(22)31-5-2)18(3)26-25(32)27-21-12-9-19(10-13-21)24(29)28-15-7-6-8-16-28/h9-14,17-18H,4-8,15-16H2,1-3H3,(H2,26,27,32)/t18-/m1/s1. The Labute approximate surface area is 196 Å². The van der Waals surface area contributed by atoms with Gasteiger partial charge in [0.1, 0.15) is 0 Å². The molecule has 7 heteroatoms. The second-order valence-electron chi connectivity index (χ2n) is 7.82. The largest absolute Gasteiger partial charge is 0.490 e. The van der Waals surface area contributed by atoms with Crippen LogP contribution in [0.5, 0.6) is 11.5 Å². The van der Waals surface area contributed by atoms with Gasteiger partial charge in [-0.05, 0) is 94.2 Å². The Morgan fingerprint density at radius 3 is 2.31 bits per heavy atom. The number of amides is 1. The summed E-state index contributed by atoms with van der Waals surface area (Å²) >= 11 is 5.50. The van der Waals surface area contributed by atoms with Crippen molar-refractivity contribution >= 4 is 28.9 Å². The molecule has 1 fully saturated rings. The third-order valence-corrected chi connectivity index (χ3v) is 5.67. The van der Waals surface area contributed by atoms with Crippen molar-refractivity contribution in [3.8, 4) is 11.5 Å². The van der Waals surface area contributed by atoms with Gasteiger partial charge in [0.15, 0.2) is 16.6 Å². The summed E-state index contributed by atoms with van der Waals surface area (Å²) in [5, 5.41) is 7.02. The van der Waals surface area contributed by atoms with Crippen LogP contribution in [0.1, 0.15) is 62.0 Å². The number of nitrogens with one attached hydrogen (secondary N) is 2. The highest BCUT2D eigenvalue weighted by atomic mass is 32.1. The molecule has 1 saturated heterocycles. The molecule has 2 aromatic carbocycles. The van der Waals surface area contributed by atoms with E-state index in [1.165, 1.54) is 6.42 Å². The molecule has 0 spiro atoms. The summed E-state index contributed by atoms with van der Waals surface area (Å²) in [5.41, 5.74) is 2.60. The Morgan fingerprint density at radius 1 is 1.00 bits per heavy atom. The van der Waals surface area contributed by atoms with E-state index in [-0.39, 0.29) is 11.9 Å². The molecule has 1 aliphatic heterocycles. The number of anilines is 1. The van der Waals surface area contributed by atoms with Crippen LogP contribution in [0.25, 0.3) is 0 Å². The van der Waals surface area contributed by atoms with Crippen molar-refractivity contribution in [1.29, 1.82) is 0 Å². The Balaban J connectivity index is 1.58. The van der Waals surface area contributed by atoms with Crippen LogP contribution < -0.4 is 20.1 Å². The molecule has 6 nitrogen and oxygen atoms in total. The molecule has 0 aromatic heterocycles. The van der Waals surface area contributed by atoms with Crippen molar-refractivity contribution in [2.75, 3.05) is 31.6 Å². The first-order valence-corrected chi connectivity index (χ1v) is 11.8. The van der Waals surface area contributed by atoms with E-state index in [0.29, 0.717) is 23.9 Å². The maximum absolute atomic E-state index is 12.6. The number of piperidine rings is 1. The number of benzene rings is 2. The van der Waals surface area contributed by atoms with Gasteiger partial charge in [0, 0.05) is 24.3 Å². The molecule has 2 N–H and O–H groups in total.